The number of aliphatic hydroxyl groups excluding tert-OH is 1. The Morgan fingerprint density at radius 2 is 1.77 bits per heavy atom. The molecule has 1 aliphatic heterocycles. The standard InChI is InChI=1S/C26H25FO3/c1-26(2)23(13-12-21-14-20(28)15-25(29)30-21)22(17-8-10-19(27)11-9-17)16-24(26)18-6-4-3-5-7-18/h3-13,16,20-21,28H,14-15H2,1-2H3/b13-12+/t20-,21-/m0/s1. The normalized spacial score (nSPS) is 23.6. The van der Waals surface area contributed by atoms with Crippen molar-refractivity contribution in [2.24, 2.45) is 5.41 Å². The summed E-state index contributed by atoms with van der Waals surface area (Å²) < 4.78 is 18.9. The number of benzene rings is 2. The van der Waals surface area contributed by atoms with Gasteiger partial charge in [-0.15, -0.1) is 0 Å². The van der Waals surface area contributed by atoms with Crippen molar-refractivity contribution < 1.29 is 19.0 Å². The molecule has 154 valence electrons. The molecule has 2 atom stereocenters. The number of ether oxygens (including phenoxy) is 1. The Morgan fingerprint density at radius 1 is 1.07 bits per heavy atom. The minimum absolute atomic E-state index is 0.0407. The molecule has 1 N–H and O–H groups in total. The van der Waals surface area contributed by atoms with Gasteiger partial charge in [-0.05, 0) is 52.1 Å². The molecule has 1 heterocycles. The van der Waals surface area contributed by atoms with Crippen molar-refractivity contribution in [2.75, 3.05) is 0 Å². The van der Waals surface area contributed by atoms with Crippen LogP contribution in [0.4, 0.5) is 4.39 Å². The van der Waals surface area contributed by atoms with Gasteiger partial charge in [0.1, 0.15) is 11.9 Å². The third-order valence-corrected chi connectivity index (χ3v) is 5.83. The number of hydrogen-bond acceptors (Lipinski definition) is 3. The summed E-state index contributed by atoms with van der Waals surface area (Å²) in [6, 6.07) is 16.7. The first-order chi connectivity index (χ1) is 14.3. The zero-order chi connectivity index (χ0) is 21.3. The molecule has 4 heteroatoms. The van der Waals surface area contributed by atoms with Crippen LogP contribution in [0.15, 0.2) is 78.4 Å². The SMILES string of the molecule is CC1(C)C(c2ccccc2)=CC(c2ccc(F)cc2)=C1/C=C/[C@H]1C[C@H](O)CC(=O)O1. The number of aliphatic hydroxyl groups is 1. The zero-order valence-electron chi connectivity index (χ0n) is 17.1. The van der Waals surface area contributed by atoms with Crippen LogP contribution < -0.4 is 0 Å². The molecule has 0 radical (unpaired) electrons. The van der Waals surface area contributed by atoms with Crippen molar-refractivity contribution in [1.29, 1.82) is 0 Å². The van der Waals surface area contributed by atoms with Gasteiger partial charge in [-0.25, -0.2) is 4.39 Å². The summed E-state index contributed by atoms with van der Waals surface area (Å²) in [6.07, 6.45) is 5.29. The smallest absolute Gasteiger partial charge is 0.309 e. The van der Waals surface area contributed by atoms with Gasteiger partial charge in [-0.1, -0.05) is 62.4 Å². The molecule has 2 aromatic carbocycles. The number of hydrogen-bond donors (Lipinski definition) is 1. The molecule has 1 aliphatic carbocycles. The lowest BCUT2D eigenvalue weighted by Crippen LogP contribution is -2.31. The van der Waals surface area contributed by atoms with Gasteiger partial charge in [0.15, 0.2) is 0 Å². The van der Waals surface area contributed by atoms with Crippen LogP contribution in [0, 0.1) is 11.2 Å². The van der Waals surface area contributed by atoms with Crippen molar-refractivity contribution >= 4 is 17.1 Å². The number of allylic oxidation sites excluding steroid dienone is 5. The van der Waals surface area contributed by atoms with E-state index in [-0.39, 0.29) is 23.6 Å². The van der Waals surface area contributed by atoms with E-state index in [9.17, 15) is 14.3 Å². The lowest BCUT2D eigenvalue weighted by molar-refractivity contribution is -0.156. The fraction of sp³-hybridized carbons (Fsp3) is 0.269. The lowest BCUT2D eigenvalue weighted by atomic mass is 9.77. The predicted octanol–water partition coefficient (Wildman–Crippen LogP) is 5.33. The summed E-state index contributed by atoms with van der Waals surface area (Å²) in [6.45, 7) is 4.31. The molecule has 4 rings (SSSR count). The van der Waals surface area contributed by atoms with Crippen molar-refractivity contribution in [2.45, 2.75) is 38.9 Å². The maximum Gasteiger partial charge on any atom is 0.309 e. The van der Waals surface area contributed by atoms with Crippen LogP contribution >= 0.6 is 0 Å². The fourth-order valence-corrected chi connectivity index (χ4v) is 4.24. The van der Waals surface area contributed by atoms with Crippen molar-refractivity contribution in [3.8, 4) is 0 Å². The average Bonchev–Trinajstić information content (AvgIpc) is 2.97. The number of halogens is 1. The second kappa shape index (κ2) is 8.04. The van der Waals surface area contributed by atoms with Crippen LogP contribution in [0.2, 0.25) is 0 Å². The summed E-state index contributed by atoms with van der Waals surface area (Å²) in [5.74, 6) is -0.658. The molecule has 2 aliphatic rings. The Labute approximate surface area is 176 Å². The van der Waals surface area contributed by atoms with Gasteiger partial charge in [0.05, 0.1) is 12.5 Å². The molecular weight excluding hydrogens is 379 g/mol. The van der Waals surface area contributed by atoms with E-state index in [1.54, 1.807) is 12.1 Å². The number of rotatable bonds is 4. The van der Waals surface area contributed by atoms with E-state index >= 15 is 0 Å². The minimum atomic E-state index is -0.680. The Kier molecular flexibility index (Phi) is 5.44. The highest BCUT2D eigenvalue weighted by atomic mass is 19.1. The minimum Gasteiger partial charge on any atom is -0.458 e. The van der Waals surface area contributed by atoms with E-state index in [0.29, 0.717) is 6.42 Å². The Morgan fingerprint density at radius 3 is 2.43 bits per heavy atom. The highest BCUT2D eigenvalue weighted by Gasteiger charge is 2.35. The van der Waals surface area contributed by atoms with Crippen LogP contribution in [0.3, 0.4) is 0 Å². The van der Waals surface area contributed by atoms with E-state index in [2.05, 4.69) is 32.1 Å². The fourth-order valence-electron chi connectivity index (χ4n) is 4.24. The highest BCUT2D eigenvalue weighted by Crippen LogP contribution is 2.51. The van der Waals surface area contributed by atoms with Gasteiger partial charge in [-0.2, -0.15) is 0 Å². The number of carbonyl (C=O) groups is 1. The monoisotopic (exact) mass is 404 g/mol. The lowest BCUT2D eigenvalue weighted by Gasteiger charge is -2.28. The molecule has 0 aromatic heterocycles. The Hall–Kier alpha value is -2.98. The summed E-state index contributed by atoms with van der Waals surface area (Å²) >= 11 is 0. The maximum atomic E-state index is 13.5. The molecular formula is C26H25FO3. The van der Waals surface area contributed by atoms with E-state index in [1.807, 2.05) is 30.4 Å². The Balaban J connectivity index is 1.76. The van der Waals surface area contributed by atoms with Gasteiger partial charge >= 0.3 is 5.97 Å². The van der Waals surface area contributed by atoms with Crippen LogP contribution in [0.5, 0.6) is 0 Å². The first-order valence-corrected chi connectivity index (χ1v) is 10.2. The van der Waals surface area contributed by atoms with Crippen LogP contribution in [0.25, 0.3) is 11.1 Å². The number of esters is 1. The molecule has 3 nitrogen and oxygen atoms in total. The molecule has 1 fully saturated rings. The van der Waals surface area contributed by atoms with E-state index in [1.165, 1.54) is 17.7 Å². The molecule has 30 heavy (non-hydrogen) atoms. The van der Waals surface area contributed by atoms with Crippen LogP contribution in [-0.2, 0) is 9.53 Å². The molecule has 1 saturated heterocycles. The first-order valence-electron chi connectivity index (χ1n) is 10.2. The van der Waals surface area contributed by atoms with E-state index in [0.717, 1.165) is 22.3 Å². The zero-order valence-corrected chi connectivity index (χ0v) is 17.1. The summed E-state index contributed by atoms with van der Waals surface area (Å²) in [4.78, 5) is 11.7. The van der Waals surface area contributed by atoms with E-state index in [4.69, 9.17) is 4.74 Å². The van der Waals surface area contributed by atoms with Gasteiger partial charge in [0.25, 0.3) is 0 Å². The second-order valence-electron chi connectivity index (χ2n) is 8.36. The largest absolute Gasteiger partial charge is 0.458 e. The van der Waals surface area contributed by atoms with E-state index < -0.39 is 12.2 Å². The van der Waals surface area contributed by atoms with Gasteiger partial charge in [0.2, 0.25) is 0 Å². The quantitative estimate of drug-likeness (QED) is 0.701. The van der Waals surface area contributed by atoms with Crippen LogP contribution in [-0.4, -0.2) is 23.3 Å². The molecule has 0 saturated carbocycles. The number of cyclic esters (lactones) is 1. The summed E-state index contributed by atoms with van der Waals surface area (Å²) in [5, 5.41) is 9.90. The second-order valence-corrected chi connectivity index (χ2v) is 8.36. The molecule has 0 amide bonds. The molecule has 0 unspecified atom stereocenters. The summed E-state index contributed by atoms with van der Waals surface area (Å²) in [5.41, 5.74) is 4.99. The van der Waals surface area contributed by atoms with Gasteiger partial charge in [-0.3, -0.25) is 4.79 Å². The van der Waals surface area contributed by atoms with Gasteiger partial charge in [0, 0.05) is 11.8 Å². The average molecular weight is 404 g/mol. The predicted molar refractivity (Wildman–Crippen MR) is 116 cm³/mol. The van der Waals surface area contributed by atoms with Crippen LogP contribution in [0.1, 0.15) is 37.8 Å². The van der Waals surface area contributed by atoms with Gasteiger partial charge < -0.3 is 9.84 Å². The molecule has 0 bridgehead atoms. The maximum absolute atomic E-state index is 13.5. The highest BCUT2D eigenvalue weighted by molar-refractivity contribution is 5.96. The third-order valence-electron chi connectivity index (χ3n) is 5.83. The Bertz CT molecular complexity index is 1030. The molecule has 2 aromatic rings. The van der Waals surface area contributed by atoms with Crippen molar-refractivity contribution in [1.82, 2.24) is 0 Å². The third kappa shape index (κ3) is 4.01. The first kappa shape index (κ1) is 20.3. The summed E-state index contributed by atoms with van der Waals surface area (Å²) in [7, 11) is 0. The topological polar surface area (TPSA) is 46.5 Å². The van der Waals surface area contributed by atoms with Crippen molar-refractivity contribution in [3.05, 3.63) is 95.3 Å². The van der Waals surface area contributed by atoms with Crippen molar-refractivity contribution in [3.63, 3.8) is 0 Å². The number of carbonyl (C=O) groups excluding carboxylic acids is 1. The molecule has 0 spiro atoms.